The Morgan fingerprint density at radius 2 is 2.00 bits per heavy atom. The molecule has 1 aliphatic heterocycles. The van der Waals surface area contributed by atoms with E-state index in [1.165, 1.54) is 12.1 Å². The molecule has 0 aliphatic carbocycles. The van der Waals surface area contributed by atoms with Crippen LogP contribution in [0, 0.1) is 5.82 Å². The summed E-state index contributed by atoms with van der Waals surface area (Å²) in [4.78, 5) is 25.3. The van der Waals surface area contributed by atoms with Crippen molar-refractivity contribution in [2.45, 2.75) is 6.42 Å². The largest absolute Gasteiger partial charge is 0.338 e. The second-order valence-electron chi connectivity index (χ2n) is 5.69. The molecule has 1 fully saturated rings. The summed E-state index contributed by atoms with van der Waals surface area (Å²) in [5, 5.41) is 8.24. The van der Waals surface area contributed by atoms with Gasteiger partial charge in [0.1, 0.15) is 5.82 Å². The van der Waals surface area contributed by atoms with Crippen LogP contribution in [0.1, 0.15) is 5.56 Å². The molecule has 0 radical (unpaired) electrons. The molecular weight excluding hydrogens is 323 g/mol. The van der Waals surface area contributed by atoms with E-state index in [1.807, 2.05) is 6.07 Å². The van der Waals surface area contributed by atoms with Gasteiger partial charge in [-0.15, -0.1) is 0 Å². The third kappa shape index (κ3) is 4.47. The molecule has 7 heteroatoms. The van der Waals surface area contributed by atoms with Crippen molar-refractivity contribution >= 4 is 23.4 Å². The minimum atomic E-state index is -0.329. The summed E-state index contributed by atoms with van der Waals surface area (Å²) in [6, 6.07) is 12.8. The minimum absolute atomic E-state index is 0.138. The van der Waals surface area contributed by atoms with E-state index in [2.05, 4.69) is 16.0 Å². The van der Waals surface area contributed by atoms with Gasteiger partial charge in [0.25, 0.3) is 0 Å². The molecule has 0 bridgehead atoms. The summed E-state index contributed by atoms with van der Waals surface area (Å²) in [5.41, 5.74) is 2.29. The average Bonchev–Trinajstić information content (AvgIpc) is 3.03. The smallest absolute Gasteiger partial charge is 0.321 e. The van der Waals surface area contributed by atoms with E-state index in [9.17, 15) is 14.0 Å². The van der Waals surface area contributed by atoms with Gasteiger partial charge in [-0.05, 0) is 42.3 Å². The van der Waals surface area contributed by atoms with Crippen molar-refractivity contribution in [2.24, 2.45) is 0 Å². The lowest BCUT2D eigenvalue weighted by molar-refractivity contribution is 0.251. The number of hydrogen-bond donors (Lipinski definition) is 3. The van der Waals surface area contributed by atoms with Crippen molar-refractivity contribution in [1.82, 2.24) is 10.6 Å². The van der Waals surface area contributed by atoms with Gasteiger partial charge in [0.2, 0.25) is 0 Å². The fourth-order valence-corrected chi connectivity index (χ4v) is 2.62. The number of nitrogens with zero attached hydrogens (tertiary/aromatic N) is 1. The highest BCUT2D eigenvalue weighted by Crippen LogP contribution is 2.20. The molecule has 2 aromatic carbocycles. The van der Waals surface area contributed by atoms with Crippen LogP contribution >= 0.6 is 0 Å². The number of rotatable bonds is 5. The topological polar surface area (TPSA) is 73.5 Å². The molecule has 1 heterocycles. The van der Waals surface area contributed by atoms with Crippen LogP contribution in [0.25, 0.3) is 0 Å². The number of urea groups is 2. The fraction of sp³-hybridized carbons (Fsp3) is 0.222. The van der Waals surface area contributed by atoms with Gasteiger partial charge in [-0.3, -0.25) is 4.90 Å². The van der Waals surface area contributed by atoms with Gasteiger partial charge in [-0.25, -0.2) is 14.0 Å². The van der Waals surface area contributed by atoms with E-state index in [0.717, 1.165) is 11.3 Å². The van der Waals surface area contributed by atoms with Crippen LogP contribution in [0.5, 0.6) is 0 Å². The van der Waals surface area contributed by atoms with Crippen LogP contribution in [0.2, 0.25) is 0 Å². The van der Waals surface area contributed by atoms with Crippen molar-refractivity contribution in [1.29, 1.82) is 0 Å². The Balaban J connectivity index is 1.50. The van der Waals surface area contributed by atoms with Crippen LogP contribution in [0.3, 0.4) is 0 Å². The Morgan fingerprint density at radius 1 is 1.20 bits per heavy atom. The molecule has 3 N–H and O–H groups in total. The Kier molecular flexibility index (Phi) is 5.13. The van der Waals surface area contributed by atoms with E-state index in [1.54, 1.807) is 35.2 Å². The molecule has 0 spiro atoms. The van der Waals surface area contributed by atoms with E-state index < -0.39 is 0 Å². The molecule has 0 saturated carbocycles. The molecule has 1 aliphatic rings. The molecule has 0 atom stereocenters. The molecule has 0 unspecified atom stereocenters. The zero-order chi connectivity index (χ0) is 17.6. The summed E-state index contributed by atoms with van der Waals surface area (Å²) >= 11 is 0. The van der Waals surface area contributed by atoms with Gasteiger partial charge in [0.05, 0.1) is 0 Å². The van der Waals surface area contributed by atoms with Crippen molar-refractivity contribution in [3.63, 3.8) is 0 Å². The lowest BCUT2D eigenvalue weighted by Crippen LogP contribution is -2.31. The lowest BCUT2D eigenvalue weighted by atomic mass is 10.1. The molecule has 25 heavy (non-hydrogen) atoms. The molecule has 2 aromatic rings. The third-order valence-electron chi connectivity index (χ3n) is 3.88. The molecule has 1 saturated heterocycles. The number of halogens is 1. The number of carbonyl (C=O) groups is 2. The predicted octanol–water partition coefficient (Wildman–Crippen LogP) is 2.72. The van der Waals surface area contributed by atoms with Crippen LogP contribution in [0.15, 0.2) is 48.5 Å². The third-order valence-corrected chi connectivity index (χ3v) is 3.88. The lowest BCUT2D eigenvalue weighted by Gasteiger charge is -2.15. The van der Waals surface area contributed by atoms with Gasteiger partial charge in [0.15, 0.2) is 0 Å². The highest BCUT2D eigenvalue weighted by atomic mass is 19.1. The normalized spacial score (nSPS) is 13.5. The fourth-order valence-electron chi connectivity index (χ4n) is 2.62. The first-order valence-electron chi connectivity index (χ1n) is 8.06. The van der Waals surface area contributed by atoms with Crippen LogP contribution in [0.4, 0.5) is 25.4 Å². The van der Waals surface area contributed by atoms with Crippen LogP contribution in [-0.2, 0) is 6.42 Å². The summed E-state index contributed by atoms with van der Waals surface area (Å²) < 4.78 is 12.8. The summed E-state index contributed by atoms with van der Waals surface area (Å²) in [6.07, 6.45) is 0.613. The zero-order valence-electron chi connectivity index (χ0n) is 13.6. The Hall–Kier alpha value is -3.09. The molecule has 4 amide bonds. The van der Waals surface area contributed by atoms with Crippen molar-refractivity contribution < 1.29 is 14.0 Å². The Labute approximate surface area is 145 Å². The van der Waals surface area contributed by atoms with Crippen LogP contribution < -0.4 is 20.9 Å². The summed E-state index contributed by atoms with van der Waals surface area (Å²) in [5.74, 6) is -0.277. The monoisotopic (exact) mass is 342 g/mol. The van der Waals surface area contributed by atoms with E-state index >= 15 is 0 Å². The van der Waals surface area contributed by atoms with Gasteiger partial charge in [-0.2, -0.15) is 0 Å². The first-order valence-corrected chi connectivity index (χ1v) is 8.06. The van der Waals surface area contributed by atoms with E-state index in [-0.39, 0.29) is 17.9 Å². The highest BCUT2D eigenvalue weighted by molar-refractivity contribution is 5.95. The molecular formula is C18H19FN4O2. The summed E-state index contributed by atoms with van der Waals surface area (Å²) in [6.45, 7) is 1.65. The molecule has 130 valence electrons. The van der Waals surface area contributed by atoms with Gasteiger partial charge < -0.3 is 16.0 Å². The standard InChI is InChI=1S/C18H19FN4O2/c19-14-6-4-13(5-7-14)8-9-20-17(24)22-15-2-1-3-16(12-15)23-11-10-21-18(23)25/h1-7,12H,8-11H2,(H,21,25)(H2,20,22,24). The second-order valence-corrected chi connectivity index (χ2v) is 5.69. The summed E-state index contributed by atoms with van der Waals surface area (Å²) in [7, 11) is 0. The van der Waals surface area contributed by atoms with Gasteiger partial charge >= 0.3 is 12.1 Å². The highest BCUT2D eigenvalue weighted by Gasteiger charge is 2.21. The van der Waals surface area contributed by atoms with E-state index in [0.29, 0.717) is 31.7 Å². The Bertz CT molecular complexity index is 764. The van der Waals surface area contributed by atoms with E-state index in [4.69, 9.17) is 0 Å². The Morgan fingerprint density at radius 3 is 2.72 bits per heavy atom. The zero-order valence-corrected chi connectivity index (χ0v) is 13.6. The predicted molar refractivity (Wildman–Crippen MR) is 94.3 cm³/mol. The number of amides is 4. The molecule has 0 aromatic heterocycles. The first kappa shape index (κ1) is 16.8. The number of nitrogens with one attached hydrogen (secondary N) is 3. The quantitative estimate of drug-likeness (QED) is 0.782. The van der Waals surface area contributed by atoms with Crippen molar-refractivity contribution in [2.75, 3.05) is 29.9 Å². The first-order chi connectivity index (χ1) is 12.1. The number of hydrogen-bond acceptors (Lipinski definition) is 2. The van der Waals surface area contributed by atoms with Crippen LogP contribution in [-0.4, -0.2) is 31.7 Å². The maximum absolute atomic E-state index is 12.8. The molecule has 6 nitrogen and oxygen atoms in total. The average molecular weight is 342 g/mol. The maximum atomic E-state index is 12.8. The van der Waals surface area contributed by atoms with Gasteiger partial charge in [0, 0.05) is 31.0 Å². The second kappa shape index (κ2) is 7.65. The number of anilines is 2. The number of benzene rings is 2. The minimum Gasteiger partial charge on any atom is -0.338 e. The van der Waals surface area contributed by atoms with Crippen molar-refractivity contribution in [3.8, 4) is 0 Å². The SMILES string of the molecule is O=C(NCCc1ccc(F)cc1)Nc1cccc(N2CCNC2=O)c1. The maximum Gasteiger partial charge on any atom is 0.321 e. The molecule has 3 rings (SSSR count). The van der Waals surface area contributed by atoms with Gasteiger partial charge in [-0.1, -0.05) is 18.2 Å². The number of carbonyl (C=O) groups excluding carboxylic acids is 2. The van der Waals surface area contributed by atoms with Crippen molar-refractivity contribution in [3.05, 3.63) is 59.9 Å².